The lowest BCUT2D eigenvalue weighted by atomic mass is 9.98. The molecule has 3 heterocycles. The van der Waals surface area contributed by atoms with Crippen molar-refractivity contribution < 1.29 is 32.5 Å². The number of carbonyl (C=O) groups is 1. The minimum atomic E-state index is -5.08. The van der Waals surface area contributed by atoms with Gasteiger partial charge in [-0.15, -0.1) is 0 Å². The zero-order chi connectivity index (χ0) is 19.4. The van der Waals surface area contributed by atoms with E-state index < -0.39 is 12.1 Å². The highest BCUT2D eigenvalue weighted by Crippen LogP contribution is 2.36. The first-order valence-corrected chi connectivity index (χ1v) is 8.25. The van der Waals surface area contributed by atoms with Gasteiger partial charge in [0, 0.05) is 38.9 Å². The van der Waals surface area contributed by atoms with E-state index in [0.717, 1.165) is 50.5 Å². The monoisotopic (exact) mass is 376 g/mol. The summed E-state index contributed by atoms with van der Waals surface area (Å²) in [5.74, 6) is -2.76. The van der Waals surface area contributed by atoms with E-state index in [0.29, 0.717) is 0 Å². The van der Waals surface area contributed by atoms with Crippen LogP contribution in [0.15, 0.2) is 18.2 Å². The minimum Gasteiger partial charge on any atom is -0.475 e. The summed E-state index contributed by atoms with van der Waals surface area (Å²) in [6.45, 7) is 5.80. The standard InChI is InChI=1S/C15H22N2O2.C2HF3O2/c1-12-4-3-5-13(16-12)9-17-7-6-15(11-17)8-14(18-2)10-19-15;3-2(4,5)1(6)7/h3-5,14H,6-11H2,1-2H3;(H,6,7). The van der Waals surface area contributed by atoms with Gasteiger partial charge in [0.1, 0.15) is 0 Å². The van der Waals surface area contributed by atoms with Crippen molar-refractivity contribution in [1.29, 1.82) is 0 Å². The molecule has 0 radical (unpaired) electrons. The Labute approximate surface area is 149 Å². The molecule has 1 N–H and O–H groups in total. The van der Waals surface area contributed by atoms with Crippen LogP contribution in [0.25, 0.3) is 0 Å². The molecule has 1 spiro atoms. The average molecular weight is 376 g/mol. The quantitative estimate of drug-likeness (QED) is 0.874. The summed E-state index contributed by atoms with van der Waals surface area (Å²) in [5.41, 5.74) is 2.27. The Balaban J connectivity index is 0.000000298. The Morgan fingerprint density at radius 2 is 2.19 bits per heavy atom. The molecule has 2 atom stereocenters. The summed E-state index contributed by atoms with van der Waals surface area (Å²) in [5, 5.41) is 7.12. The fourth-order valence-electron chi connectivity index (χ4n) is 3.22. The third kappa shape index (κ3) is 5.65. The van der Waals surface area contributed by atoms with Gasteiger partial charge in [0.2, 0.25) is 0 Å². The Kier molecular flexibility index (Phi) is 6.59. The maximum Gasteiger partial charge on any atom is 0.490 e. The van der Waals surface area contributed by atoms with E-state index in [1.807, 2.05) is 13.0 Å². The molecule has 6 nitrogen and oxygen atoms in total. The van der Waals surface area contributed by atoms with Crippen LogP contribution >= 0.6 is 0 Å². The Bertz CT molecular complexity index is 626. The van der Waals surface area contributed by atoms with E-state index in [1.54, 1.807) is 7.11 Å². The van der Waals surface area contributed by atoms with Gasteiger partial charge in [-0.05, 0) is 25.5 Å². The van der Waals surface area contributed by atoms with E-state index in [4.69, 9.17) is 19.4 Å². The van der Waals surface area contributed by atoms with E-state index in [2.05, 4.69) is 22.0 Å². The van der Waals surface area contributed by atoms with Gasteiger partial charge < -0.3 is 14.6 Å². The van der Waals surface area contributed by atoms with Crippen molar-refractivity contribution in [1.82, 2.24) is 9.88 Å². The van der Waals surface area contributed by atoms with Crippen molar-refractivity contribution in [3.63, 3.8) is 0 Å². The maximum absolute atomic E-state index is 10.6. The smallest absolute Gasteiger partial charge is 0.475 e. The van der Waals surface area contributed by atoms with Crippen LogP contribution in [0.2, 0.25) is 0 Å². The van der Waals surface area contributed by atoms with Crippen molar-refractivity contribution in [3.05, 3.63) is 29.6 Å². The van der Waals surface area contributed by atoms with Crippen LogP contribution < -0.4 is 0 Å². The Hall–Kier alpha value is -1.71. The van der Waals surface area contributed by atoms with Crippen molar-refractivity contribution in [2.24, 2.45) is 0 Å². The number of hydrogen-bond donors (Lipinski definition) is 1. The number of aromatic nitrogens is 1. The molecular weight excluding hydrogens is 353 g/mol. The van der Waals surface area contributed by atoms with Crippen molar-refractivity contribution in [2.45, 2.75) is 44.2 Å². The fourth-order valence-corrected chi connectivity index (χ4v) is 3.22. The summed E-state index contributed by atoms with van der Waals surface area (Å²) < 4.78 is 43.2. The minimum absolute atomic E-state index is 0.0322. The van der Waals surface area contributed by atoms with Crippen LogP contribution in [0.5, 0.6) is 0 Å². The van der Waals surface area contributed by atoms with Gasteiger partial charge in [0.25, 0.3) is 0 Å². The van der Waals surface area contributed by atoms with Gasteiger partial charge in [-0.1, -0.05) is 6.07 Å². The molecule has 0 aromatic carbocycles. The highest BCUT2D eigenvalue weighted by Gasteiger charge is 2.45. The van der Waals surface area contributed by atoms with Crippen molar-refractivity contribution >= 4 is 5.97 Å². The number of methoxy groups -OCH3 is 1. The number of carboxylic acids is 1. The van der Waals surface area contributed by atoms with E-state index in [9.17, 15) is 13.2 Å². The number of aliphatic carboxylic acids is 1. The Morgan fingerprint density at radius 3 is 2.73 bits per heavy atom. The van der Waals surface area contributed by atoms with Crippen LogP contribution in [0.1, 0.15) is 24.2 Å². The molecule has 2 fully saturated rings. The second-order valence-corrected chi connectivity index (χ2v) is 6.59. The third-order valence-corrected chi connectivity index (χ3v) is 4.48. The predicted octanol–water partition coefficient (Wildman–Crippen LogP) is 2.40. The normalized spacial score (nSPS) is 26.0. The number of aryl methyl sites for hydroxylation is 1. The summed E-state index contributed by atoms with van der Waals surface area (Å²) in [4.78, 5) is 15.9. The summed E-state index contributed by atoms with van der Waals surface area (Å²) in [7, 11) is 1.77. The number of hydrogen-bond acceptors (Lipinski definition) is 5. The first kappa shape index (κ1) is 20.6. The second-order valence-electron chi connectivity index (χ2n) is 6.59. The van der Waals surface area contributed by atoms with Gasteiger partial charge in [0.05, 0.1) is 24.0 Å². The molecule has 2 saturated heterocycles. The average Bonchev–Trinajstić information content (AvgIpc) is 3.14. The highest BCUT2D eigenvalue weighted by molar-refractivity contribution is 5.73. The number of likely N-dealkylation sites (tertiary alicyclic amines) is 1. The highest BCUT2D eigenvalue weighted by atomic mass is 19.4. The molecule has 2 aliphatic rings. The molecule has 0 amide bonds. The van der Waals surface area contributed by atoms with Crippen LogP contribution in [-0.4, -0.2) is 65.6 Å². The summed E-state index contributed by atoms with van der Waals surface area (Å²) in [6.07, 6.45) is -2.67. The second kappa shape index (κ2) is 8.32. The lowest BCUT2D eigenvalue weighted by Gasteiger charge is -2.23. The maximum atomic E-state index is 10.6. The van der Waals surface area contributed by atoms with Crippen molar-refractivity contribution in [3.8, 4) is 0 Å². The number of halogens is 3. The van der Waals surface area contributed by atoms with Gasteiger partial charge >= 0.3 is 12.1 Å². The molecule has 2 aliphatic heterocycles. The van der Waals surface area contributed by atoms with E-state index in [1.165, 1.54) is 0 Å². The molecule has 0 bridgehead atoms. The fraction of sp³-hybridized carbons (Fsp3) is 0.647. The number of carboxylic acid groups (broad SMARTS) is 1. The number of rotatable bonds is 3. The molecule has 0 aliphatic carbocycles. The summed E-state index contributed by atoms with van der Waals surface area (Å²) in [6, 6.07) is 6.22. The first-order valence-electron chi connectivity index (χ1n) is 8.25. The number of pyridine rings is 1. The van der Waals surface area contributed by atoms with Crippen LogP contribution in [0, 0.1) is 6.92 Å². The molecular formula is C17H23F3N2O4. The van der Waals surface area contributed by atoms with Crippen LogP contribution in [0.3, 0.4) is 0 Å². The topological polar surface area (TPSA) is 71.9 Å². The number of nitrogens with zero attached hydrogens (tertiary/aromatic N) is 2. The zero-order valence-electron chi connectivity index (χ0n) is 14.8. The number of ether oxygens (including phenoxy) is 2. The van der Waals surface area contributed by atoms with Crippen molar-refractivity contribution in [2.75, 3.05) is 26.8 Å². The molecule has 1 aromatic heterocycles. The predicted molar refractivity (Wildman–Crippen MR) is 86.7 cm³/mol. The van der Waals surface area contributed by atoms with Gasteiger partial charge in [0.15, 0.2) is 0 Å². The molecule has 146 valence electrons. The lowest BCUT2D eigenvalue weighted by Crippen LogP contribution is -2.33. The molecule has 0 saturated carbocycles. The van der Waals surface area contributed by atoms with Crippen LogP contribution in [0.4, 0.5) is 13.2 Å². The summed E-state index contributed by atoms with van der Waals surface area (Å²) >= 11 is 0. The van der Waals surface area contributed by atoms with E-state index >= 15 is 0 Å². The molecule has 2 unspecified atom stereocenters. The molecule has 26 heavy (non-hydrogen) atoms. The van der Waals surface area contributed by atoms with Gasteiger partial charge in [-0.2, -0.15) is 13.2 Å². The lowest BCUT2D eigenvalue weighted by molar-refractivity contribution is -0.192. The SMILES string of the molecule is COC1COC2(CCN(Cc3cccc(C)n3)C2)C1.O=C(O)C(F)(F)F. The molecule has 1 aromatic rings. The van der Waals surface area contributed by atoms with Crippen LogP contribution in [-0.2, 0) is 20.8 Å². The first-order chi connectivity index (χ1) is 12.1. The van der Waals surface area contributed by atoms with Gasteiger partial charge in [-0.25, -0.2) is 4.79 Å². The molecule has 9 heteroatoms. The number of alkyl halides is 3. The van der Waals surface area contributed by atoms with E-state index in [-0.39, 0.29) is 11.7 Å². The molecule has 3 rings (SSSR count). The Morgan fingerprint density at radius 1 is 1.50 bits per heavy atom. The zero-order valence-corrected chi connectivity index (χ0v) is 14.8. The van der Waals surface area contributed by atoms with Gasteiger partial charge in [-0.3, -0.25) is 9.88 Å². The largest absolute Gasteiger partial charge is 0.490 e. The third-order valence-electron chi connectivity index (χ3n) is 4.48.